The molecule has 2 aromatic rings. The van der Waals surface area contributed by atoms with Crippen molar-refractivity contribution in [2.24, 2.45) is 0 Å². The maximum atomic E-state index is 13.4. The highest BCUT2D eigenvalue weighted by Gasteiger charge is 2.22. The largest absolute Gasteiger partial charge is 0.375 e. The van der Waals surface area contributed by atoms with E-state index in [4.69, 9.17) is 5.73 Å². The van der Waals surface area contributed by atoms with Crippen LogP contribution >= 0.6 is 11.3 Å². The van der Waals surface area contributed by atoms with Gasteiger partial charge in [0.2, 0.25) is 0 Å². The number of hydrogen-bond donors (Lipinski definition) is 1. The van der Waals surface area contributed by atoms with Crippen molar-refractivity contribution in [2.45, 2.75) is 39.5 Å². The van der Waals surface area contributed by atoms with E-state index in [9.17, 15) is 4.39 Å². The molecule has 0 aliphatic heterocycles. The predicted octanol–water partition coefficient (Wildman–Crippen LogP) is 4.06. The maximum absolute atomic E-state index is 13.4. The van der Waals surface area contributed by atoms with Crippen LogP contribution in [0.15, 0.2) is 18.2 Å². The van der Waals surface area contributed by atoms with Crippen LogP contribution in [-0.2, 0) is 11.8 Å². The Morgan fingerprint density at radius 2 is 1.95 bits per heavy atom. The van der Waals surface area contributed by atoms with Gasteiger partial charge in [-0.2, -0.15) is 0 Å². The normalized spacial score (nSPS) is 11.8. The van der Waals surface area contributed by atoms with Crippen molar-refractivity contribution >= 4 is 16.5 Å². The number of aryl methyl sites for hydroxylation is 1. The minimum atomic E-state index is -0.190. The molecular weight excluding hydrogens is 259 g/mol. The van der Waals surface area contributed by atoms with Gasteiger partial charge in [-0.15, -0.1) is 11.3 Å². The van der Waals surface area contributed by atoms with Gasteiger partial charge in [-0.05, 0) is 30.2 Å². The highest BCUT2D eigenvalue weighted by Crippen LogP contribution is 2.32. The van der Waals surface area contributed by atoms with E-state index >= 15 is 0 Å². The van der Waals surface area contributed by atoms with Crippen molar-refractivity contribution in [3.05, 3.63) is 45.7 Å². The molecule has 19 heavy (non-hydrogen) atoms. The molecule has 0 aliphatic carbocycles. The van der Waals surface area contributed by atoms with Crippen LogP contribution in [0.4, 0.5) is 9.52 Å². The zero-order valence-electron chi connectivity index (χ0n) is 11.7. The summed E-state index contributed by atoms with van der Waals surface area (Å²) >= 11 is 1.49. The maximum Gasteiger partial charge on any atom is 0.180 e. The smallest absolute Gasteiger partial charge is 0.180 e. The first kappa shape index (κ1) is 14.0. The Balaban J connectivity index is 2.38. The third-order valence-electron chi connectivity index (χ3n) is 2.89. The Morgan fingerprint density at radius 3 is 2.53 bits per heavy atom. The minimum Gasteiger partial charge on any atom is -0.375 e. The Hall–Kier alpha value is -1.42. The van der Waals surface area contributed by atoms with Crippen molar-refractivity contribution in [1.29, 1.82) is 0 Å². The van der Waals surface area contributed by atoms with Crippen LogP contribution in [0, 0.1) is 12.7 Å². The molecule has 1 aromatic heterocycles. The van der Waals surface area contributed by atoms with Gasteiger partial charge in [-0.25, -0.2) is 9.37 Å². The molecule has 0 amide bonds. The molecule has 4 heteroatoms. The van der Waals surface area contributed by atoms with Crippen LogP contribution in [0.3, 0.4) is 0 Å². The first-order valence-electron chi connectivity index (χ1n) is 6.27. The van der Waals surface area contributed by atoms with Crippen LogP contribution in [0.25, 0.3) is 0 Å². The number of hydrogen-bond acceptors (Lipinski definition) is 3. The van der Waals surface area contributed by atoms with E-state index in [0.29, 0.717) is 11.6 Å². The number of anilines is 1. The summed E-state index contributed by atoms with van der Waals surface area (Å²) in [5.41, 5.74) is 8.68. The number of nitrogens with zero attached hydrogens (tertiary/aromatic N) is 1. The zero-order chi connectivity index (χ0) is 14.2. The van der Waals surface area contributed by atoms with E-state index in [2.05, 4.69) is 25.8 Å². The molecule has 0 saturated heterocycles. The van der Waals surface area contributed by atoms with Crippen molar-refractivity contribution in [1.82, 2.24) is 4.98 Å². The standard InChI is InChI=1S/C15H19FN2S/c1-9-5-10(7-11(16)6-9)8-12-13(15(2,3)4)18-14(17)19-12/h5-7H,8H2,1-4H3,(H2,17,18). The number of rotatable bonds is 2. The highest BCUT2D eigenvalue weighted by atomic mass is 32.1. The fourth-order valence-corrected chi connectivity index (χ4v) is 3.25. The van der Waals surface area contributed by atoms with Crippen molar-refractivity contribution in [3.8, 4) is 0 Å². The SMILES string of the molecule is Cc1cc(F)cc(Cc2sc(N)nc2C(C)(C)C)c1. The van der Waals surface area contributed by atoms with E-state index < -0.39 is 0 Å². The number of nitrogen functional groups attached to an aromatic ring is 1. The lowest BCUT2D eigenvalue weighted by Gasteiger charge is -2.17. The summed E-state index contributed by atoms with van der Waals surface area (Å²) in [5.74, 6) is -0.190. The van der Waals surface area contributed by atoms with Gasteiger partial charge in [0.15, 0.2) is 5.13 Å². The van der Waals surface area contributed by atoms with E-state index in [-0.39, 0.29) is 11.2 Å². The summed E-state index contributed by atoms with van der Waals surface area (Å²) in [4.78, 5) is 5.55. The summed E-state index contributed by atoms with van der Waals surface area (Å²) < 4.78 is 13.4. The van der Waals surface area contributed by atoms with Crippen molar-refractivity contribution in [2.75, 3.05) is 5.73 Å². The predicted molar refractivity (Wildman–Crippen MR) is 79.2 cm³/mol. The number of nitrogens with two attached hydrogens (primary N) is 1. The van der Waals surface area contributed by atoms with E-state index in [0.717, 1.165) is 21.7 Å². The molecule has 0 saturated carbocycles. The zero-order valence-corrected chi connectivity index (χ0v) is 12.6. The summed E-state index contributed by atoms with van der Waals surface area (Å²) in [6.07, 6.45) is 0.681. The van der Waals surface area contributed by atoms with Crippen LogP contribution in [0.2, 0.25) is 0 Å². The van der Waals surface area contributed by atoms with Crippen LogP contribution < -0.4 is 5.73 Å². The number of benzene rings is 1. The summed E-state index contributed by atoms with van der Waals surface area (Å²) in [7, 11) is 0. The second kappa shape index (κ2) is 4.93. The fraction of sp³-hybridized carbons (Fsp3) is 0.400. The molecule has 2 N–H and O–H groups in total. The van der Waals surface area contributed by atoms with Gasteiger partial charge < -0.3 is 5.73 Å². The Labute approximate surface area is 117 Å². The lowest BCUT2D eigenvalue weighted by molar-refractivity contribution is 0.568. The van der Waals surface area contributed by atoms with Crippen LogP contribution in [-0.4, -0.2) is 4.98 Å². The Morgan fingerprint density at radius 1 is 1.26 bits per heavy atom. The minimum absolute atomic E-state index is 0.0498. The first-order valence-corrected chi connectivity index (χ1v) is 7.09. The van der Waals surface area contributed by atoms with Gasteiger partial charge in [-0.1, -0.05) is 26.8 Å². The van der Waals surface area contributed by atoms with Crippen molar-refractivity contribution in [3.63, 3.8) is 0 Å². The molecule has 0 spiro atoms. The molecule has 2 nitrogen and oxygen atoms in total. The fourth-order valence-electron chi connectivity index (χ4n) is 2.18. The van der Waals surface area contributed by atoms with Gasteiger partial charge in [0, 0.05) is 16.7 Å². The molecule has 0 atom stereocenters. The molecule has 2 rings (SSSR count). The van der Waals surface area contributed by atoms with E-state index in [1.165, 1.54) is 17.4 Å². The summed E-state index contributed by atoms with van der Waals surface area (Å²) in [6, 6.07) is 5.12. The molecule has 1 aromatic carbocycles. The van der Waals surface area contributed by atoms with E-state index in [1.54, 1.807) is 6.07 Å². The molecule has 0 aliphatic rings. The van der Waals surface area contributed by atoms with Gasteiger partial charge in [0.05, 0.1) is 5.69 Å². The van der Waals surface area contributed by atoms with Gasteiger partial charge in [0.25, 0.3) is 0 Å². The van der Waals surface area contributed by atoms with Crippen LogP contribution in [0.5, 0.6) is 0 Å². The topological polar surface area (TPSA) is 38.9 Å². The lowest BCUT2D eigenvalue weighted by Crippen LogP contribution is -2.14. The second-order valence-corrected chi connectivity index (χ2v) is 7.00. The Bertz CT molecular complexity index is 576. The van der Waals surface area contributed by atoms with Crippen LogP contribution in [0.1, 0.15) is 42.5 Å². The molecular formula is C15H19FN2S. The van der Waals surface area contributed by atoms with Gasteiger partial charge in [0.1, 0.15) is 5.82 Å². The molecule has 0 fully saturated rings. The monoisotopic (exact) mass is 278 g/mol. The van der Waals surface area contributed by atoms with Gasteiger partial charge >= 0.3 is 0 Å². The molecule has 0 unspecified atom stereocenters. The van der Waals surface area contributed by atoms with E-state index in [1.807, 2.05) is 13.0 Å². The summed E-state index contributed by atoms with van der Waals surface area (Å²) in [5, 5.41) is 0.577. The second-order valence-electron chi connectivity index (χ2n) is 5.89. The molecule has 0 radical (unpaired) electrons. The van der Waals surface area contributed by atoms with Gasteiger partial charge in [-0.3, -0.25) is 0 Å². The number of halogens is 1. The number of thiazole rings is 1. The molecule has 1 heterocycles. The first-order chi connectivity index (χ1) is 8.75. The molecule has 0 bridgehead atoms. The average Bonchev–Trinajstić information content (AvgIpc) is 2.57. The Kier molecular flexibility index (Phi) is 3.63. The summed E-state index contributed by atoms with van der Waals surface area (Å²) in [6.45, 7) is 8.24. The molecule has 102 valence electrons. The third kappa shape index (κ3) is 3.32. The average molecular weight is 278 g/mol. The lowest BCUT2D eigenvalue weighted by atomic mass is 9.90. The van der Waals surface area contributed by atoms with Crippen molar-refractivity contribution < 1.29 is 4.39 Å². The quantitative estimate of drug-likeness (QED) is 0.899. The number of aromatic nitrogens is 1. The third-order valence-corrected chi connectivity index (χ3v) is 3.78. The highest BCUT2D eigenvalue weighted by molar-refractivity contribution is 7.15.